The van der Waals surface area contributed by atoms with Crippen LogP contribution >= 0.6 is 15.9 Å². The quantitative estimate of drug-likeness (QED) is 0.634. The lowest BCUT2D eigenvalue weighted by Crippen LogP contribution is -2.54. The normalized spacial score (nSPS) is 21.4. The molecule has 3 aliphatic rings. The molecule has 0 saturated carbocycles. The van der Waals surface area contributed by atoms with Crippen molar-refractivity contribution in [3.63, 3.8) is 0 Å². The minimum Gasteiger partial charge on any atom is -0.369 e. The van der Waals surface area contributed by atoms with Crippen LogP contribution in [0, 0.1) is 0 Å². The van der Waals surface area contributed by atoms with Crippen molar-refractivity contribution in [2.45, 2.75) is 25.4 Å². The molecule has 1 N–H and O–H groups in total. The van der Waals surface area contributed by atoms with E-state index in [2.05, 4.69) is 43.2 Å². The molecule has 3 heterocycles. The van der Waals surface area contributed by atoms with E-state index in [1.807, 2.05) is 18.2 Å². The molecule has 9 heteroatoms. The summed E-state index contributed by atoms with van der Waals surface area (Å²) in [5.74, 6) is -1.91. The number of carbonyl (C=O) groups is 4. The predicted molar refractivity (Wildman–Crippen MR) is 125 cm³/mol. The Kier molecular flexibility index (Phi) is 5.76. The second-order valence-corrected chi connectivity index (χ2v) is 9.49. The molecule has 170 valence electrons. The number of piperazine rings is 1. The van der Waals surface area contributed by atoms with E-state index >= 15 is 0 Å². The van der Waals surface area contributed by atoms with Crippen LogP contribution in [-0.2, 0) is 16.1 Å². The molecule has 2 aromatic carbocycles. The lowest BCUT2D eigenvalue weighted by atomic mass is 10.0. The van der Waals surface area contributed by atoms with Crippen LogP contribution in [0.5, 0.6) is 0 Å². The Hall–Kier alpha value is -3.04. The van der Waals surface area contributed by atoms with Crippen LogP contribution in [0.25, 0.3) is 0 Å². The SMILES string of the molecule is O=C1CCC(N2C(=O)c3ccc(CN4CCN(c5cccc(Br)c5)CC4)cc3C2=O)C(=O)N1. The van der Waals surface area contributed by atoms with Gasteiger partial charge >= 0.3 is 0 Å². The van der Waals surface area contributed by atoms with E-state index < -0.39 is 23.8 Å². The average Bonchev–Trinajstić information content (AvgIpc) is 3.04. The van der Waals surface area contributed by atoms with Gasteiger partial charge in [0.1, 0.15) is 6.04 Å². The van der Waals surface area contributed by atoms with Gasteiger partial charge < -0.3 is 4.90 Å². The first-order valence-corrected chi connectivity index (χ1v) is 11.8. The third-order valence-electron chi connectivity index (χ3n) is 6.46. The number of halogens is 1. The third kappa shape index (κ3) is 4.18. The van der Waals surface area contributed by atoms with E-state index in [1.54, 1.807) is 12.1 Å². The largest absolute Gasteiger partial charge is 0.369 e. The van der Waals surface area contributed by atoms with Gasteiger partial charge in [0.15, 0.2) is 0 Å². The predicted octanol–water partition coefficient (Wildman–Crippen LogP) is 2.17. The van der Waals surface area contributed by atoms with Crippen LogP contribution in [0.2, 0.25) is 0 Å². The van der Waals surface area contributed by atoms with Gasteiger partial charge in [-0.1, -0.05) is 28.1 Å². The number of rotatable bonds is 4. The Labute approximate surface area is 199 Å². The summed E-state index contributed by atoms with van der Waals surface area (Å²) in [5.41, 5.74) is 2.79. The molecule has 1 atom stereocenters. The highest BCUT2D eigenvalue weighted by Crippen LogP contribution is 2.29. The number of benzene rings is 2. The highest BCUT2D eigenvalue weighted by molar-refractivity contribution is 9.10. The zero-order chi connectivity index (χ0) is 23.1. The van der Waals surface area contributed by atoms with Gasteiger partial charge in [0.25, 0.3) is 11.8 Å². The molecule has 3 aliphatic heterocycles. The van der Waals surface area contributed by atoms with E-state index in [1.165, 1.54) is 5.69 Å². The van der Waals surface area contributed by atoms with E-state index in [-0.39, 0.29) is 18.7 Å². The molecule has 0 spiro atoms. The van der Waals surface area contributed by atoms with Crippen molar-refractivity contribution < 1.29 is 19.2 Å². The van der Waals surface area contributed by atoms with Gasteiger partial charge in [-0.3, -0.25) is 34.3 Å². The minimum absolute atomic E-state index is 0.112. The molecule has 4 amide bonds. The monoisotopic (exact) mass is 510 g/mol. The number of fused-ring (bicyclic) bond motifs is 1. The number of hydrogen-bond acceptors (Lipinski definition) is 6. The number of nitrogens with zero attached hydrogens (tertiary/aromatic N) is 3. The summed E-state index contributed by atoms with van der Waals surface area (Å²) in [6.45, 7) is 4.27. The smallest absolute Gasteiger partial charge is 0.262 e. The fourth-order valence-corrected chi connectivity index (χ4v) is 5.10. The minimum atomic E-state index is -0.940. The van der Waals surface area contributed by atoms with Crippen LogP contribution in [0.1, 0.15) is 39.1 Å². The van der Waals surface area contributed by atoms with Gasteiger partial charge in [-0.2, -0.15) is 0 Å². The fourth-order valence-electron chi connectivity index (χ4n) is 4.71. The number of amides is 4. The van der Waals surface area contributed by atoms with Crippen molar-refractivity contribution in [2.24, 2.45) is 0 Å². The molecular formula is C24H23BrN4O4. The molecule has 8 nitrogen and oxygen atoms in total. The first kappa shape index (κ1) is 21.8. The average molecular weight is 511 g/mol. The summed E-state index contributed by atoms with van der Waals surface area (Å²) in [6, 6.07) is 12.7. The summed E-state index contributed by atoms with van der Waals surface area (Å²) in [5, 5.41) is 2.22. The van der Waals surface area contributed by atoms with Crippen molar-refractivity contribution in [1.29, 1.82) is 0 Å². The first-order valence-electron chi connectivity index (χ1n) is 11.0. The molecule has 2 aromatic rings. The molecule has 0 aromatic heterocycles. The van der Waals surface area contributed by atoms with Crippen LogP contribution in [0.15, 0.2) is 46.9 Å². The van der Waals surface area contributed by atoms with Gasteiger partial charge in [0, 0.05) is 49.3 Å². The Bertz CT molecular complexity index is 1160. The maximum Gasteiger partial charge on any atom is 0.262 e. The maximum absolute atomic E-state index is 13.0. The molecule has 5 rings (SSSR count). The van der Waals surface area contributed by atoms with E-state index in [0.717, 1.165) is 41.1 Å². The number of imide groups is 2. The first-order chi connectivity index (χ1) is 15.9. The Balaban J connectivity index is 1.26. The highest BCUT2D eigenvalue weighted by atomic mass is 79.9. The number of nitrogens with one attached hydrogen (secondary N) is 1. The standard InChI is InChI=1S/C24H23BrN4O4/c25-16-2-1-3-17(13-16)28-10-8-27(9-11-28)14-15-4-5-18-19(12-15)24(33)29(23(18)32)20-6-7-21(30)26-22(20)31/h1-5,12-13,20H,6-11,14H2,(H,26,30,31). The van der Waals surface area contributed by atoms with Gasteiger partial charge in [-0.05, 0) is 42.3 Å². The molecule has 0 aliphatic carbocycles. The lowest BCUT2D eigenvalue weighted by molar-refractivity contribution is -0.136. The van der Waals surface area contributed by atoms with Gasteiger partial charge in [-0.25, -0.2) is 0 Å². The number of carbonyl (C=O) groups excluding carboxylic acids is 4. The number of anilines is 1. The highest BCUT2D eigenvalue weighted by Gasteiger charge is 2.44. The third-order valence-corrected chi connectivity index (χ3v) is 6.95. The zero-order valence-electron chi connectivity index (χ0n) is 17.9. The Morgan fingerprint density at radius 2 is 1.67 bits per heavy atom. The summed E-state index contributed by atoms with van der Waals surface area (Å²) >= 11 is 3.52. The van der Waals surface area contributed by atoms with Crippen LogP contribution in [0.3, 0.4) is 0 Å². The number of hydrogen-bond donors (Lipinski definition) is 1. The summed E-state index contributed by atoms with van der Waals surface area (Å²) < 4.78 is 1.06. The number of piperidine rings is 1. The maximum atomic E-state index is 13.0. The summed E-state index contributed by atoms with van der Waals surface area (Å²) in [4.78, 5) is 55.2. The summed E-state index contributed by atoms with van der Waals surface area (Å²) in [7, 11) is 0. The molecule has 33 heavy (non-hydrogen) atoms. The molecule has 0 radical (unpaired) electrons. The van der Waals surface area contributed by atoms with Crippen molar-refractivity contribution >= 4 is 45.2 Å². The fraction of sp³-hybridized carbons (Fsp3) is 0.333. The van der Waals surface area contributed by atoms with Gasteiger partial charge in [0.05, 0.1) is 11.1 Å². The van der Waals surface area contributed by atoms with Crippen molar-refractivity contribution in [2.75, 3.05) is 31.1 Å². The zero-order valence-corrected chi connectivity index (χ0v) is 19.5. The molecule has 1 unspecified atom stereocenters. The van der Waals surface area contributed by atoms with Gasteiger partial charge in [-0.15, -0.1) is 0 Å². The topological polar surface area (TPSA) is 90.0 Å². The molecule has 2 saturated heterocycles. The Morgan fingerprint density at radius 3 is 2.39 bits per heavy atom. The van der Waals surface area contributed by atoms with Gasteiger partial charge in [0.2, 0.25) is 11.8 Å². The lowest BCUT2D eigenvalue weighted by Gasteiger charge is -2.36. The Morgan fingerprint density at radius 1 is 0.909 bits per heavy atom. The van der Waals surface area contributed by atoms with E-state index in [0.29, 0.717) is 17.7 Å². The second-order valence-electron chi connectivity index (χ2n) is 8.57. The van der Waals surface area contributed by atoms with E-state index in [4.69, 9.17) is 0 Å². The van der Waals surface area contributed by atoms with Crippen molar-refractivity contribution in [1.82, 2.24) is 15.1 Å². The van der Waals surface area contributed by atoms with E-state index in [9.17, 15) is 19.2 Å². The van der Waals surface area contributed by atoms with Crippen LogP contribution in [-0.4, -0.2) is 65.6 Å². The second kappa shape index (κ2) is 8.72. The van der Waals surface area contributed by atoms with Crippen molar-refractivity contribution in [3.8, 4) is 0 Å². The molecule has 2 fully saturated rings. The summed E-state index contributed by atoms with van der Waals surface area (Å²) in [6.07, 6.45) is 0.270. The molecular weight excluding hydrogens is 488 g/mol. The molecule has 0 bridgehead atoms. The van der Waals surface area contributed by atoms with Crippen LogP contribution in [0.4, 0.5) is 5.69 Å². The van der Waals surface area contributed by atoms with Crippen LogP contribution < -0.4 is 10.2 Å². The van der Waals surface area contributed by atoms with Crippen molar-refractivity contribution in [3.05, 3.63) is 63.6 Å².